The Labute approximate surface area is 153 Å². The molecule has 0 aliphatic heterocycles. The van der Waals surface area contributed by atoms with E-state index in [0.717, 1.165) is 23.3 Å². The zero-order valence-corrected chi connectivity index (χ0v) is 15.5. The second-order valence-electron chi connectivity index (χ2n) is 6.66. The molecule has 0 saturated heterocycles. The van der Waals surface area contributed by atoms with Crippen molar-refractivity contribution in [2.45, 2.75) is 49.6 Å². The first-order chi connectivity index (χ1) is 12.3. The van der Waals surface area contributed by atoms with Crippen molar-refractivity contribution in [3.8, 4) is 0 Å². The van der Waals surface area contributed by atoms with Gasteiger partial charge < -0.3 is 4.57 Å². The molecule has 1 aliphatic rings. The van der Waals surface area contributed by atoms with Gasteiger partial charge in [-0.15, -0.1) is 10.2 Å². The molecule has 25 heavy (non-hydrogen) atoms. The van der Waals surface area contributed by atoms with Crippen LogP contribution in [0.4, 0.5) is 0 Å². The fraction of sp³-hybridized carbons (Fsp3) is 0.333. The van der Waals surface area contributed by atoms with Gasteiger partial charge in [0.15, 0.2) is 5.16 Å². The van der Waals surface area contributed by atoms with Gasteiger partial charge in [0, 0.05) is 18.2 Å². The first-order valence-corrected chi connectivity index (χ1v) is 9.91. The van der Waals surface area contributed by atoms with Crippen molar-refractivity contribution in [3.05, 3.63) is 77.1 Å². The average Bonchev–Trinajstić information content (AvgIpc) is 3.34. The maximum atomic E-state index is 4.55. The molecule has 0 bridgehead atoms. The van der Waals surface area contributed by atoms with Crippen LogP contribution in [0.1, 0.15) is 47.7 Å². The number of rotatable bonds is 6. The van der Waals surface area contributed by atoms with Crippen molar-refractivity contribution in [2.24, 2.45) is 0 Å². The van der Waals surface area contributed by atoms with E-state index in [0.29, 0.717) is 11.8 Å². The van der Waals surface area contributed by atoms with Crippen molar-refractivity contribution in [1.82, 2.24) is 14.8 Å². The highest BCUT2D eigenvalue weighted by Gasteiger charge is 2.43. The summed E-state index contributed by atoms with van der Waals surface area (Å²) < 4.78 is 2.30. The van der Waals surface area contributed by atoms with Crippen LogP contribution < -0.4 is 0 Å². The number of aromatic nitrogens is 3. The van der Waals surface area contributed by atoms with Gasteiger partial charge in [0.05, 0.1) is 0 Å². The molecule has 2 unspecified atom stereocenters. The summed E-state index contributed by atoms with van der Waals surface area (Å²) in [5, 5.41) is 10.1. The van der Waals surface area contributed by atoms with Gasteiger partial charge >= 0.3 is 0 Å². The summed E-state index contributed by atoms with van der Waals surface area (Å²) in [7, 11) is 0. The number of nitrogens with zero attached hydrogens (tertiary/aromatic N) is 3. The quantitative estimate of drug-likeness (QED) is 0.575. The smallest absolute Gasteiger partial charge is 0.191 e. The lowest BCUT2D eigenvalue weighted by Gasteiger charge is -2.08. The fourth-order valence-electron chi connectivity index (χ4n) is 3.44. The molecule has 1 aliphatic carbocycles. The Morgan fingerprint density at radius 2 is 1.76 bits per heavy atom. The van der Waals surface area contributed by atoms with E-state index in [1.807, 2.05) is 0 Å². The van der Waals surface area contributed by atoms with Crippen molar-refractivity contribution in [3.63, 3.8) is 0 Å². The Morgan fingerprint density at radius 3 is 2.52 bits per heavy atom. The topological polar surface area (TPSA) is 30.7 Å². The maximum absolute atomic E-state index is 4.55. The summed E-state index contributed by atoms with van der Waals surface area (Å²) in [6, 6.07) is 19.3. The summed E-state index contributed by atoms with van der Waals surface area (Å²) >= 11 is 1.79. The third-order valence-corrected chi connectivity index (χ3v) is 6.05. The molecule has 0 radical (unpaired) electrons. The molecular weight excluding hydrogens is 326 g/mol. The second kappa shape index (κ2) is 7.04. The normalized spacial score (nSPS) is 19.1. The van der Waals surface area contributed by atoms with E-state index >= 15 is 0 Å². The molecule has 1 fully saturated rings. The summed E-state index contributed by atoms with van der Waals surface area (Å²) in [6.07, 6.45) is 1.19. The molecular formula is C21H23N3S. The highest BCUT2D eigenvalue weighted by molar-refractivity contribution is 7.98. The zero-order chi connectivity index (χ0) is 17.2. The highest BCUT2D eigenvalue weighted by atomic mass is 32.2. The van der Waals surface area contributed by atoms with E-state index in [2.05, 4.69) is 83.2 Å². The fourth-order valence-corrected chi connectivity index (χ4v) is 4.53. The van der Waals surface area contributed by atoms with E-state index in [1.165, 1.54) is 23.1 Å². The lowest BCUT2D eigenvalue weighted by molar-refractivity contribution is 0.640. The van der Waals surface area contributed by atoms with E-state index in [-0.39, 0.29) is 0 Å². The van der Waals surface area contributed by atoms with Crippen molar-refractivity contribution >= 4 is 11.8 Å². The van der Waals surface area contributed by atoms with Gasteiger partial charge in [-0.05, 0) is 42.9 Å². The highest BCUT2D eigenvalue weighted by Crippen LogP contribution is 2.54. The van der Waals surface area contributed by atoms with E-state index in [4.69, 9.17) is 0 Å². The molecule has 0 N–H and O–H groups in total. The van der Waals surface area contributed by atoms with Crippen LogP contribution in [0.3, 0.4) is 0 Å². The standard InChI is InChI=1S/C21H23N3S/c1-3-24-20(19-13-18(19)16-10-5-4-6-11-16)22-23-21(24)25-14-17-12-8-7-9-15(17)2/h4-12,18-19H,3,13-14H2,1-2H3. The third-order valence-electron chi connectivity index (χ3n) is 5.03. The Hall–Kier alpha value is -2.07. The van der Waals surface area contributed by atoms with Gasteiger partial charge in [0.1, 0.15) is 5.82 Å². The summed E-state index contributed by atoms with van der Waals surface area (Å²) in [5.74, 6) is 3.22. The minimum atomic E-state index is 0.516. The summed E-state index contributed by atoms with van der Waals surface area (Å²) in [6.45, 7) is 5.28. The van der Waals surface area contributed by atoms with E-state index in [1.54, 1.807) is 11.8 Å². The molecule has 1 aromatic heterocycles. The van der Waals surface area contributed by atoms with Gasteiger partial charge in [0.2, 0.25) is 0 Å². The second-order valence-corrected chi connectivity index (χ2v) is 7.60. The predicted octanol–water partition coefficient (Wildman–Crippen LogP) is 5.17. The average molecular weight is 350 g/mol. The van der Waals surface area contributed by atoms with Crippen molar-refractivity contribution in [1.29, 1.82) is 0 Å². The van der Waals surface area contributed by atoms with Crippen molar-refractivity contribution < 1.29 is 0 Å². The number of benzene rings is 2. The predicted molar refractivity (Wildman–Crippen MR) is 103 cm³/mol. The van der Waals surface area contributed by atoms with Gasteiger partial charge in [-0.25, -0.2) is 0 Å². The van der Waals surface area contributed by atoms with Gasteiger partial charge in [-0.3, -0.25) is 0 Å². The number of aryl methyl sites for hydroxylation is 1. The number of hydrogen-bond donors (Lipinski definition) is 0. The Morgan fingerprint density at radius 1 is 1.00 bits per heavy atom. The monoisotopic (exact) mass is 349 g/mol. The lowest BCUT2D eigenvalue weighted by Crippen LogP contribution is -2.03. The summed E-state index contributed by atoms with van der Waals surface area (Å²) in [5.41, 5.74) is 4.13. The van der Waals surface area contributed by atoms with Gasteiger partial charge in [0.25, 0.3) is 0 Å². The maximum Gasteiger partial charge on any atom is 0.191 e. The van der Waals surface area contributed by atoms with E-state index < -0.39 is 0 Å². The molecule has 1 saturated carbocycles. The first-order valence-electron chi connectivity index (χ1n) is 8.93. The van der Waals surface area contributed by atoms with Crippen LogP contribution in [0.5, 0.6) is 0 Å². The molecule has 4 heteroatoms. The number of thioether (sulfide) groups is 1. The molecule has 3 nitrogen and oxygen atoms in total. The van der Waals surface area contributed by atoms with Crippen LogP contribution in [0, 0.1) is 6.92 Å². The largest absolute Gasteiger partial charge is 0.306 e. The number of hydrogen-bond acceptors (Lipinski definition) is 3. The Kier molecular flexibility index (Phi) is 4.62. The van der Waals surface area contributed by atoms with Gasteiger partial charge in [-0.2, -0.15) is 0 Å². The SMILES string of the molecule is CCn1c(SCc2ccccc2C)nnc1C1CC1c1ccccc1. The molecule has 4 rings (SSSR count). The molecule has 0 amide bonds. The van der Waals surface area contributed by atoms with Crippen LogP contribution in [0.15, 0.2) is 59.8 Å². The van der Waals surface area contributed by atoms with Crippen LogP contribution >= 0.6 is 11.8 Å². The van der Waals surface area contributed by atoms with Crippen LogP contribution in [-0.4, -0.2) is 14.8 Å². The van der Waals surface area contributed by atoms with Crippen LogP contribution in [-0.2, 0) is 12.3 Å². The molecule has 2 atom stereocenters. The minimum Gasteiger partial charge on any atom is -0.306 e. The third kappa shape index (κ3) is 3.36. The lowest BCUT2D eigenvalue weighted by atomic mass is 10.1. The molecule has 0 spiro atoms. The van der Waals surface area contributed by atoms with Gasteiger partial charge in [-0.1, -0.05) is 66.4 Å². The first kappa shape index (κ1) is 16.4. The zero-order valence-electron chi connectivity index (χ0n) is 14.7. The Bertz CT molecular complexity index is 857. The van der Waals surface area contributed by atoms with Crippen LogP contribution in [0.25, 0.3) is 0 Å². The van der Waals surface area contributed by atoms with E-state index in [9.17, 15) is 0 Å². The summed E-state index contributed by atoms with van der Waals surface area (Å²) in [4.78, 5) is 0. The Balaban J connectivity index is 1.50. The van der Waals surface area contributed by atoms with Crippen LogP contribution in [0.2, 0.25) is 0 Å². The minimum absolute atomic E-state index is 0.516. The molecule has 2 aromatic carbocycles. The molecule has 3 aromatic rings. The van der Waals surface area contributed by atoms with Crippen molar-refractivity contribution in [2.75, 3.05) is 0 Å². The molecule has 128 valence electrons. The molecule has 1 heterocycles.